The van der Waals surface area contributed by atoms with Crippen LogP contribution in [0.5, 0.6) is 0 Å². The highest BCUT2D eigenvalue weighted by Crippen LogP contribution is 2.37. The summed E-state index contributed by atoms with van der Waals surface area (Å²) in [6.07, 6.45) is 10.7. The third kappa shape index (κ3) is 3.31. The van der Waals surface area contributed by atoms with E-state index in [-0.39, 0.29) is 5.60 Å². The van der Waals surface area contributed by atoms with Crippen LogP contribution in [0.1, 0.15) is 55.8 Å². The molecule has 0 bridgehead atoms. The fraction of sp³-hybridized carbons (Fsp3) is 0.765. The second-order valence-electron chi connectivity index (χ2n) is 6.94. The van der Waals surface area contributed by atoms with Gasteiger partial charge in [-0.25, -0.2) is 9.97 Å². The predicted molar refractivity (Wildman–Crippen MR) is 82.6 cm³/mol. The average Bonchev–Trinajstić information content (AvgIpc) is 3.39. The molecule has 1 aliphatic carbocycles. The molecule has 5 nitrogen and oxygen atoms in total. The quantitative estimate of drug-likeness (QED) is 0.924. The van der Waals surface area contributed by atoms with Crippen molar-refractivity contribution >= 4 is 0 Å². The van der Waals surface area contributed by atoms with Gasteiger partial charge in [0.25, 0.3) is 0 Å². The molecule has 3 aliphatic rings. The summed E-state index contributed by atoms with van der Waals surface area (Å²) in [5.41, 5.74) is 1.23. The second kappa shape index (κ2) is 6.22. The zero-order valence-corrected chi connectivity index (χ0v) is 13.1. The van der Waals surface area contributed by atoms with Crippen LogP contribution in [-0.4, -0.2) is 41.4 Å². The van der Waals surface area contributed by atoms with Gasteiger partial charge in [-0.05, 0) is 38.5 Å². The molecule has 1 saturated carbocycles. The van der Waals surface area contributed by atoms with Gasteiger partial charge in [-0.3, -0.25) is 0 Å². The topological polar surface area (TPSA) is 56.3 Å². The Balaban J connectivity index is 1.30. The summed E-state index contributed by atoms with van der Waals surface area (Å²) in [5.74, 6) is 1.65. The van der Waals surface area contributed by atoms with E-state index < -0.39 is 0 Å². The molecule has 2 aliphatic heterocycles. The molecule has 1 atom stereocenters. The molecule has 1 aromatic heterocycles. The van der Waals surface area contributed by atoms with Crippen molar-refractivity contribution in [2.45, 2.75) is 62.6 Å². The molecule has 4 rings (SSSR count). The smallest absolute Gasteiger partial charge is 0.131 e. The van der Waals surface area contributed by atoms with E-state index in [1.54, 1.807) is 0 Å². The fourth-order valence-corrected chi connectivity index (χ4v) is 3.56. The normalized spacial score (nSPS) is 27.9. The molecule has 22 heavy (non-hydrogen) atoms. The van der Waals surface area contributed by atoms with Crippen LogP contribution < -0.4 is 5.32 Å². The van der Waals surface area contributed by atoms with Gasteiger partial charge in [0.05, 0.1) is 5.60 Å². The van der Waals surface area contributed by atoms with Crippen molar-refractivity contribution in [3.8, 4) is 0 Å². The number of hydrogen-bond donors (Lipinski definition) is 1. The van der Waals surface area contributed by atoms with Crippen LogP contribution in [0.4, 0.5) is 0 Å². The lowest BCUT2D eigenvalue weighted by atomic mass is 9.84. The molecule has 1 N–H and O–H groups in total. The van der Waals surface area contributed by atoms with Crippen molar-refractivity contribution in [2.75, 3.05) is 19.8 Å². The van der Waals surface area contributed by atoms with Gasteiger partial charge in [-0.1, -0.05) is 0 Å². The van der Waals surface area contributed by atoms with Crippen LogP contribution >= 0.6 is 0 Å². The minimum atomic E-state index is 0.0560. The summed E-state index contributed by atoms with van der Waals surface area (Å²) in [4.78, 5) is 8.99. The molecule has 1 unspecified atom stereocenters. The first-order valence-electron chi connectivity index (χ1n) is 8.59. The highest BCUT2D eigenvalue weighted by atomic mass is 16.5. The Bertz CT molecular complexity index is 490. The molecule has 0 radical (unpaired) electrons. The zero-order valence-electron chi connectivity index (χ0n) is 13.1. The van der Waals surface area contributed by atoms with Crippen molar-refractivity contribution in [3.63, 3.8) is 0 Å². The maximum absolute atomic E-state index is 6.09. The molecule has 0 aromatic carbocycles. The SMILES string of the molecule is c1nc(C2CC2)ncc1CNC1CCOC2(CCOCC2)C1. The summed E-state index contributed by atoms with van der Waals surface area (Å²) >= 11 is 0. The standard InChI is InChI=1S/C17H25N3O2/c1-2-14(1)16-19-11-13(12-20-16)10-18-15-3-6-22-17(9-15)4-7-21-8-5-17/h11-12,14-15,18H,1-10H2. The molecule has 1 spiro atoms. The Morgan fingerprint density at radius 2 is 1.86 bits per heavy atom. The Labute approximate surface area is 131 Å². The number of rotatable bonds is 4. The maximum Gasteiger partial charge on any atom is 0.131 e. The lowest BCUT2D eigenvalue weighted by Gasteiger charge is -2.43. The van der Waals surface area contributed by atoms with Gasteiger partial charge >= 0.3 is 0 Å². The van der Waals surface area contributed by atoms with Gasteiger partial charge in [0.1, 0.15) is 5.82 Å². The first-order valence-corrected chi connectivity index (χ1v) is 8.59. The summed E-state index contributed by atoms with van der Waals surface area (Å²) in [6, 6.07) is 0.523. The molecule has 1 aromatic rings. The van der Waals surface area contributed by atoms with Gasteiger partial charge in [0.2, 0.25) is 0 Å². The molecule has 120 valence electrons. The molecular weight excluding hydrogens is 278 g/mol. The molecule has 2 saturated heterocycles. The van der Waals surface area contributed by atoms with E-state index >= 15 is 0 Å². The number of nitrogens with one attached hydrogen (secondary N) is 1. The zero-order chi connectivity index (χ0) is 14.8. The number of nitrogens with zero attached hydrogens (tertiary/aromatic N) is 2. The Hall–Kier alpha value is -1.04. The monoisotopic (exact) mass is 303 g/mol. The second-order valence-corrected chi connectivity index (χ2v) is 6.94. The lowest BCUT2D eigenvalue weighted by molar-refractivity contribution is -0.140. The third-order valence-corrected chi connectivity index (χ3v) is 5.16. The number of aromatic nitrogens is 2. The predicted octanol–water partition coefficient (Wildman–Crippen LogP) is 2.17. The van der Waals surface area contributed by atoms with Gasteiger partial charge in [-0.15, -0.1) is 0 Å². The van der Waals surface area contributed by atoms with Crippen molar-refractivity contribution in [1.29, 1.82) is 0 Å². The minimum absolute atomic E-state index is 0.0560. The van der Waals surface area contributed by atoms with Crippen LogP contribution in [0.3, 0.4) is 0 Å². The lowest BCUT2D eigenvalue weighted by Crippen LogP contribution is -2.49. The van der Waals surface area contributed by atoms with E-state index in [4.69, 9.17) is 9.47 Å². The van der Waals surface area contributed by atoms with E-state index in [2.05, 4.69) is 15.3 Å². The van der Waals surface area contributed by atoms with Crippen LogP contribution in [0.25, 0.3) is 0 Å². The molecule has 5 heteroatoms. The fourth-order valence-electron chi connectivity index (χ4n) is 3.56. The van der Waals surface area contributed by atoms with E-state index in [9.17, 15) is 0 Å². The minimum Gasteiger partial charge on any atom is -0.381 e. The Morgan fingerprint density at radius 1 is 1.09 bits per heavy atom. The summed E-state index contributed by atoms with van der Waals surface area (Å²) in [5, 5.41) is 3.67. The van der Waals surface area contributed by atoms with E-state index in [0.29, 0.717) is 12.0 Å². The van der Waals surface area contributed by atoms with Crippen LogP contribution in [0.2, 0.25) is 0 Å². The van der Waals surface area contributed by atoms with Gasteiger partial charge < -0.3 is 14.8 Å². The number of hydrogen-bond acceptors (Lipinski definition) is 5. The molecule has 0 amide bonds. The maximum atomic E-state index is 6.09. The van der Waals surface area contributed by atoms with Crippen molar-refractivity contribution in [3.05, 3.63) is 23.8 Å². The van der Waals surface area contributed by atoms with E-state index in [1.165, 1.54) is 18.4 Å². The Morgan fingerprint density at radius 3 is 2.59 bits per heavy atom. The molecular formula is C17H25N3O2. The highest BCUT2D eigenvalue weighted by molar-refractivity contribution is 5.10. The first-order chi connectivity index (χ1) is 10.8. The highest BCUT2D eigenvalue weighted by Gasteiger charge is 2.38. The number of ether oxygens (including phenoxy) is 2. The summed E-state index contributed by atoms with van der Waals surface area (Å²) in [7, 11) is 0. The third-order valence-electron chi connectivity index (χ3n) is 5.16. The van der Waals surface area contributed by atoms with Gasteiger partial charge in [-0.2, -0.15) is 0 Å². The van der Waals surface area contributed by atoms with Crippen LogP contribution in [0.15, 0.2) is 12.4 Å². The van der Waals surface area contributed by atoms with Gasteiger partial charge in [0, 0.05) is 56.3 Å². The van der Waals surface area contributed by atoms with Gasteiger partial charge in [0.15, 0.2) is 0 Å². The van der Waals surface area contributed by atoms with E-state index in [0.717, 1.165) is 57.9 Å². The average molecular weight is 303 g/mol. The van der Waals surface area contributed by atoms with Crippen LogP contribution in [-0.2, 0) is 16.0 Å². The largest absolute Gasteiger partial charge is 0.381 e. The molecule has 3 fully saturated rings. The van der Waals surface area contributed by atoms with Crippen molar-refractivity contribution in [2.24, 2.45) is 0 Å². The van der Waals surface area contributed by atoms with Crippen molar-refractivity contribution < 1.29 is 9.47 Å². The van der Waals surface area contributed by atoms with Crippen LogP contribution in [0, 0.1) is 0 Å². The summed E-state index contributed by atoms with van der Waals surface area (Å²) in [6.45, 7) is 3.38. The molecule has 3 heterocycles. The van der Waals surface area contributed by atoms with Crippen molar-refractivity contribution in [1.82, 2.24) is 15.3 Å². The first kappa shape index (κ1) is 14.5. The summed E-state index contributed by atoms with van der Waals surface area (Å²) < 4.78 is 11.6. The van der Waals surface area contributed by atoms with E-state index in [1.807, 2.05) is 12.4 Å². The Kier molecular flexibility index (Phi) is 4.11.